The molecule has 6 aromatic rings. The zero-order valence-corrected chi connectivity index (χ0v) is 26.5. The zero-order chi connectivity index (χ0) is 34.5. The van der Waals surface area contributed by atoms with Crippen LogP contribution in [0.4, 0.5) is 11.4 Å². The van der Waals surface area contributed by atoms with Crippen LogP contribution in [0.1, 0.15) is 38.8 Å². The van der Waals surface area contributed by atoms with Gasteiger partial charge < -0.3 is 19.0 Å². The van der Waals surface area contributed by atoms with Crippen molar-refractivity contribution in [3.8, 4) is 0 Å². The molecule has 0 bridgehead atoms. The van der Waals surface area contributed by atoms with E-state index in [0.29, 0.717) is 23.1 Å². The van der Waals surface area contributed by atoms with Crippen LogP contribution in [-0.4, -0.2) is 52.6 Å². The number of hydrogen-bond donors (Lipinski definition) is 1. The first-order chi connectivity index (χ1) is 22.9. The third-order valence-corrected chi connectivity index (χ3v) is 7.41. The fourth-order valence-corrected chi connectivity index (χ4v) is 5.26. The normalized spacial score (nSPS) is 10.8. The van der Waals surface area contributed by atoms with Crippen molar-refractivity contribution in [3.05, 3.63) is 138 Å². The molecule has 0 saturated heterocycles. The summed E-state index contributed by atoms with van der Waals surface area (Å²) in [6.45, 7) is 2.47. The molecular weight excluding hydrogens is 667 g/mol. The average molecular weight is 691 g/mol. The number of pyridine rings is 2. The van der Waals surface area contributed by atoms with Gasteiger partial charge in [-0.2, -0.15) is 0 Å². The van der Waals surface area contributed by atoms with Gasteiger partial charge in [0.05, 0.1) is 49.9 Å². The van der Waals surface area contributed by atoms with Crippen LogP contribution in [-0.2, 0) is 17.8 Å². The maximum atomic E-state index is 11.9. The number of fused-ring (bicyclic) bond motifs is 2. The molecule has 0 unspecified atom stereocenters. The van der Waals surface area contributed by atoms with Crippen LogP contribution in [0.3, 0.4) is 0 Å². The van der Waals surface area contributed by atoms with E-state index >= 15 is 0 Å². The van der Waals surface area contributed by atoms with Crippen molar-refractivity contribution < 1.29 is 29.3 Å². The Labute approximate surface area is 281 Å². The number of esters is 1. The van der Waals surface area contributed by atoms with Crippen LogP contribution in [0.25, 0.3) is 21.8 Å². The molecule has 0 aliphatic heterocycles. The lowest BCUT2D eigenvalue weighted by molar-refractivity contribution is -0.385. The number of halogens is 2. The summed E-state index contributed by atoms with van der Waals surface area (Å²) in [5, 5.41) is 33.9. The maximum Gasteiger partial charge on any atom is 0.346 e. The SMILES string of the molecule is CCOC(=O)c1cn(Cc2ccc3ncc(Cl)cc3c2)cc1[N+](=O)[O-].O=C(O)c1cn(Cc2ccc3ncc(Cl)cc3c2)cc1[N+](=O)[O-]. The molecular formula is C32H24Cl2N6O8. The van der Waals surface area contributed by atoms with Gasteiger partial charge in [0.25, 0.3) is 0 Å². The van der Waals surface area contributed by atoms with Crippen LogP contribution in [0, 0.1) is 20.2 Å². The van der Waals surface area contributed by atoms with E-state index in [1.165, 1.54) is 29.4 Å². The van der Waals surface area contributed by atoms with Crippen LogP contribution in [0.5, 0.6) is 0 Å². The van der Waals surface area contributed by atoms with Crippen molar-refractivity contribution in [2.45, 2.75) is 20.0 Å². The molecule has 14 nitrogen and oxygen atoms in total. The first-order valence-electron chi connectivity index (χ1n) is 14.1. The van der Waals surface area contributed by atoms with E-state index in [4.69, 9.17) is 33.0 Å². The first-order valence-corrected chi connectivity index (χ1v) is 14.8. The molecule has 0 fully saturated rings. The number of nitro groups is 2. The molecule has 4 aromatic heterocycles. The summed E-state index contributed by atoms with van der Waals surface area (Å²) in [4.78, 5) is 52.1. The Morgan fingerprint density at radius 1 is 0.771 bits per heavy atom. The highest BCUT2D eigenvalue weighted by atomic mass is 35.5. The fourth-order valence-electron chi connectivity index (χ4n) is 4.92. The number of nitrogens with zero attached hydrogens (tertiary/aromatic N) is 6. The molecule has 0 aliphatic rings. The number of aromatic nitrogens is 4. The summed E-state index contributed by atoms with van der Waals surface area (Å²) >= 11 is 11.9. The third kappa shape index (κ3) is 7.74. The minimum absolute atomic E-state index is 0.0580. The third-order valence-electron chi connectivity index (χ3n) is 6.99. The zero-order valence-electron chi connectivity index (χ0n) is 24.9. The van der Waals surface area contributed by atoms with E-state index in [9.17, 15) is 29.8 Å². The van der Waals surface area contributed by atoms with Crippen molar-refractivity contribution in [1.82, 2.24) is 19.1 Å². The van der Waals surface area contributed by atoms with E-state index in [-0.39, 0.29) is 23.4 Å². The second kappa shape index (κ2) is 14.3. The summed E-state index contributed by atoms with van der Waals surface area (Å²) in [5.41, 5.74) is 2.24. The second-order valence-electron chi connectivity index (χ2n) is 10.4. The van der Waals surface area contributed by atoms with Crippen LogP contribution < -0.4 is 0 Å². The molecule has 2 aromatic carbocycles. The van der Waals surface area contributed by atoms with E-state index in [1.54, 1.807) is 36.0 Å². The van der Waals surface area contributed by atoms with Crippen molar-refractivity contribution in [2.75, 3.05) is 6.61 Å². The minimum atomic E-state index is -1.33. The van der Waals surface area contributed by atoms with E-state index in [0.717, 1.165) is 32.9 Å². The Hall–Kier alpha value is -5.86. The lowest BCUT2D eigenvalue weighted by Crippen LogP contribution is -2.06. The summed E-state index contributed by atoms with van der Waals surface area (Å²) in [7, 11) is 0. The van der Waals surface area contributed by atoms with Crippen molar-refractivity contribution in [3.63, 3.8) is 0 Å². The standard InChI is InChI=1S/C17H14ClN3O4.C15H10ClN3O4/c1-2-25-17(22)14-9-20(10-16(14)21(23)24)8-11-3-4-15-12(5-11)6-13(18)7-19-15;16-11-4-10-3-9(1-2-13(10)17-5-11)6-18-7-12(15(20)21)14(8-18)19(22)23/h3-7,9-10H,2,8H2,1H3;1-5,7-8H,6H2,(H,20,21). The van der Waals surface area contributed by atoms with Gasteiger partial charge in [0.1, 0.15) is 0 Å². The minimum Gasteiger partial charge on any atom is -0.477 e. The van der Waals surface area contributed by atoms with Crippen LogP contribution >= 0.6 is 23.2 Å². The summed E-state index contributed by atoms with van der Waals surface area (Å²) in [5.74, 6) is -2.03. The largest absolute Gasteiger partial charge is 0.477 e. The lowest BCUT2D eigenvalue weighted by Gasteiger charge is -2.05. The van der Waals surface area contributed by atoms with Crippen molar-refractivity contribution >= 4 is 68.3 Å². The van der Waals surface area contributed by atoms with E-state index in [2.05, 4.69) is 9.97 Å². The smallest absolute Gasteiger partial charge is 0.346 e. The summed E-state index contributed by atoms with van der Waals surface area (Å²) in [6, 6.07) is 14.7. The average Bonchev–Trinajstić information content (AvgIpc) is 3.66. The quantitative estimate of drug-likeness (QED) is 0.0926. The van der Waals surface area contributed by atoms with Gasteiger partial charge in [-0.25, -0.2) is 9.59 Å². The van der Waals surface area contributed by atoms with Gasteiger partial charge in [-0.05, 0) is 54.4 Å². The van der Waals surface area contributed by atoms with Gasteiger partial charge in [0, 0.05) is 48.6 Å². The van der Waals surface area contributed by atoms with Gasteiger partial charge in [0.2, 0.25) is 0 Å². The number of aromatic carboxylic acids is 1. The monoisotopic (exact) mass is 690 g/mol. The number of carboxylic acids is 1. The number of benzene rings is 2. The van der Waals surface area contributed by atoms with Crippen molar-refractivity contribution in [2.24, 2.45) is 0 Å². The highest BCUT2D eigenvalue weighted by molar-refractivity contribution is 6.31. The van der Waals surface area contributed by atoms with Crippen LogP contribution in [0.15, 0.2) is 85.7 Å². The molecule has 0 saturated carbocycles. The fraction of sp³-hybridized carbons (Fsp3) is 0.125. The molecule has 0 atom stereocenters. The summed E-state index contributed by atoms with van der Waals surface area (Å²) in [6.07, 6.45) is 8.34. The summed E-state index contributed by atoms with van der Waals surface area (Å²) < 4.78 is 7.93. The molecule has 16 heteroatoms. The van der Waals surface area contributed by atoms with Gasteiger partial charge in [-0.3, -0.25) is 30.2 Å². The molecule has 6 rings (SSSR count). The predicted molar refractivity (Wildman–Crippen MR) is 177 cm³/mol. The molecule has 0 amide bonds. The van der Waals surface area contributed by atoms with Crippen LogP contribution in [0.2, 0.25) is 10.0 Å². The molecule has 48 heavy (non-hydrogen) atoms. The number of hydrogen-bond acceptors (Lipinski definition) is 9. The van der Waals surface area contributed by atoms with Crippen molar-refractivity contribution in [1.29, 1.82) is 0 Å². The van der Waals surface area contributed by atoms with E-state index < -0.39 is 27.5 Å². The van der Waals surface area contributed by atoms with Gasteiger partial charge >= 0.3 is 23.3 Å². The topological polar surface area (TPSA) is 186 Å². The predicted octanol–water partition coefficient (Wildman–Crippen LogP) is 7.17. The number of carbonyl (C=O) groups excluding carboxylic acids is 1. The molecule has 4 heterocycles. The highest BCUT2D eigenvalue weighted by Gasteiger charge is 2.25. The Balaban J connectivity index is 0.000000188. The van der Waals surface area contributed by atoms with E-state index in [1.807, 2.05) is 36.4 Å². The Kier molecular flexibility index (Phi) is 9.96. The number of carboxylic acid groups (broad SMARTS) is 1. The molecule has 0 aliphatic carbocycles. The Morgan fingerprint density at radius 2 is 1.23 bits per heavy atom. The molecule has 244 valence electrons. The number of ether oxygens (including phenoxy) is 1. The van der Waals surface area contributed by atoms with Gasteiger partial charge in [0.15, 0.2) is 11.1 Å². The second-order valence-corrected chi connectivity index (χ2v) is 11.2. The Morgan fingerprint density at radius 3 is 1.65 bits per heavy atom. The number of rotatable bonds is 9. The molecule has 1 N–H and O–H groups in total. The maximum absolute atomic E-state index is 11.9. The van der Waals surface area contributed by atoms with Gasteiger partial charge in [-0.15, -0.1) is 0 Å². The number of carbonyl (C=O) groups is 2. The lowest BCUT2D eigenvalue weighted by atomic mass is 10.1. The Bertz CT molecular complexity index is 2180. The molecule has 0 spiro atoms. The first kappa shape index (κ1) is 33.5. The van der Waals surface area contributed by atoms with Gasteiger partial charge in [-0.1, -0.05) is 35.3 Å². The molecule has 0 radical (unpaired) electrons. The highest BCUT2D eigenvalue weighted by Crippen LogP contribution is 2.25.